The first-order valence-electron chi connectivity index (χ1n) is 7.94. The third-order valence-corrected chi connectivity index (χ3v) is 4.38. The van der Waals surface area contributed by atoms with Gasteiger partial charge in [-0.25, -0.2) is 0 Å². The topological polar surface area (TPSA) is 284 Å². The van der Waals surface area contributed by atoms with Crippen LogP contribution in [0.25, 0.3) is 0 Å². The second-order valence-corrected chi connectivity index (χ2v) is 6.10. The molecule has 20 heteroatoms. The third-order valence-electron chi connectivity index (χ3n) is 4.38. The van der Waals surface area contributed by atoms with E-state index in [9.17, 15) is 60.7 Å². The summed E-state index contributed by atoms with van der Waals surface area (Å²) in [5.41, 5.74) is -11.1. The standard InChI is InChI=1S/C12H8N8O12/c21-15(22)7-1-3-11(19(29)30,9(5-7)17(25)26)13-14-12(20(31)32)4-2-8(16(23)24)6-10(12)18(27)28/h1-2,5-6H,3-4H2. The molecule has 2 rings (SSSR count). The predicted octanol–water partition coefficient (Wildman–Crippen LogP) is 0.834. The maximum Gasteiger partial charge on any atom is 0.422 e. The fourth-order valence-corrected chi connectivity index (χ4v) is 2.74. The Morgan fingerprint density at radius 1 is 0.594 bits per heavy atom. The van der Waals surface area contributed by atoms with Gasteiger partial charge in [-0.3, -0.25) is 60.7 Å². The van der Waals surface area contributed by atoms with Crippen LogP contribution in [-0.2, 0) is 0 Å². The summed E-state index contributed by atoms with van der Waals surface area (Å²) < 4.78 is 0. The van der Waals surface area contributed by atoms with Crippen LogP contribution in [0, 0.1) is 60.7 Å². The molecule has 0 amide bonds. The predicted molar refractivity (Wildman–Crippen MR) is 93.9 cm³/mol. The number of azo groups is 1. The molecule has 0 aromatic carbocycles. The monoisotopic (exact) mass is 456 g/mol. The zero-order valence-corrected chi connectivity index (χ0v) is 15.2. The number of allylic oxidation sites excluding steroid dienone is 2. The van der Waals surface area contributed by atoms with Gasteiger partial charge in [-0.1, -0.05) is 10.2 Å². The van der Waals surface area contributed by atoms with Crippen LogP contribution in [-0.4, -0.2) is 40.9 Å². The fourth-order valence-electron chi connectivity index (χ4n) is 2.74. The molecular formula is C12H8N8O12. The zero-order valence-electron chi connectivity index (χ0n) is 15.2. The number of hydrogen-bond donors (Lipinski definition) is 0. The van der Waals surface area contributed by atoms with Gasteiger partial charge < -0.3 is 0 Å². The normalized spacial score (nSPS) is 25.1. The van der Waals surface area contributed by atoms with Crippen molar-refractivity contribution in [1.29, 1.82) is 0 Å². The Balaban J connectivity index is 2.71. The minimum atomic E-state index is -3.19. The van der Waals surface area contributed by atoms with E-state index in [-0.39, 0.29) is 12.2 Å². The number of hydrogen-bond acceptors (Lipinski definition) is 14. The Morgan fingerprint density at radius 3 is 1.12 bits per heavy atom. The SMILES string of the molecule is O=[N+]([O-])C1=CCC(N=NC2([N+](=O)[O-])CC=C([N+](=O)[O-])C=C2[N+](=O)[O-])([N+](=O)[O-])C([N+](=O)[O-])=C1. The first-order chi connectivity index (χ1) is 14.8. The van der Waals surface area contributed by atoms with Gasteiger partial charge in [0, 0.05) is 12.2 Å². The van der Waals surface area contributed by atoms with Crippen LogP contribution < -0.4 is 0 Å². The molecule has 2 aliphatic rings. The van der Waals surface area contributed by atoms with Crippen molar-refractivity contribution in [2.24, 2.45) is 10.2 Å². The second-order valence-electron chi connectivity index (χ2n) is 6.10. The summed E-state index contributed by atoms with van der Waals surface area (Å²) in [5.74, 6) is 0. The van der Waals surface area contributed by atoms with Gasteiger partial charge in [-0.15, -0.1) is 0 Å². The summed E-state index contributed by atoms with van der Waals surface area (Å²) in [6.07, 6.45) is -0.672. The van der Waals surface area contributed by atoms with E-state index in [0.717, 1.165) is 0 Å². The van der Waals surface area contributed by atoms with Crippen molar-refractivity contribution < 1.29 is 29.5 Å². The molecule has 0 saturated heterocycles. The molecule has 0 aromatic rings. The summed E-state index contributed by atoms with van der Waals surface area (Å²) >= 11 is 0. The van der Waals surface area contributed by atoms with E-state index >= 15 is 0 Å². The molecule has 0 aromatic heterocycles. The van der Waals surface area contributed by atoms with E-state index in [2.05, 4.69) is 10.2 Å². The second kappa shape index (κ2) is 8.00. The fraction of sp³-hybridized carbons (Fsp3) is 0.333. The van der Waals surface area contributed by atoms with Gasteiger partial charge in [0.2, 0.25) is 0 Å². The van der Waals surface area contributed by atoms with Crippen LogP contribution in [0.1, 0.15) is 12.8 Å². The van der Waals surface area contributed by atoms with Gasteiger partial charge in [-0.2, -0.15) is 0 Å². The molecule has 32 heavy (non-hydrogen) atoms. The van der Waals surface area contributed by atoms with Crippen molar-refractivity contribution in [1.82, 2.24) is 0 Å². The average molecular weight is 456 g/mol. The van der Waals surface area contributed by atoms with Crippen molar-refractivity contribution in [3.8, 4) is 0 Å². The molecule has 0 radical (unpaired) electrons. The van der Waals surface area contributed by atoms with Crippen LogP contribution in [0.2, 0.25) is 0 Å². The lowest BCUT2D eigenvalue weighted by molar-refractivity contribution is -0.607. The largest absolute Gasteiger partial charge is 0.422 e. The quantitative estimate of drug-likeness (QED) is 0.279. The molecule has 20 nitrogen and oxygen atoms in total. The maximum atomic E-state index is 11.7. The lowest BCUT2D eigenvalue weighted by atomic mass is 9.96. The maximum absolute atomic E-state index is 11.7. The van der Waals surface area contributed by atoms with Gasteiger partial charge in [0.05, 0.1) is 54.5 Å². The summed E-state index contributed by atoms with van der Waals surface area (Å²) in [5, 5.41) is 73.9. The van der Waals surface area contributed by atoms with Crippen molar-refractivity contribution in [2.75, 3.05) is 0 Å². The van der Waals surface area contributed by atoms with Crippen LogP contribution in [0.3, 0.4) is 0 Å². The van der Waals surface area contributed by atoms with E-state index in [0.29, 0.717) is 12.2 Å². The Morgan fingerprint density at radius 2 is 0.906 bits per heavy atom. The Hall–Kier alpha value is -5.04. The molecule has 2 atom stereocenters. The molecule has 0 spiro atoms. The highest BCUT2D eigenvalue weighted by Gasteiger charge is 2.62. The van der Waals surface area contributed by atoms with Gasteiger partial charge in [0.1, 0.15) is 0 Å². The van der Waals surface area contributed by atoms with Gasteiger partial charge in [-0.05, 0) is 0 Å². The first kappa shape index (κ1) is 23.2. The van der Waals surface area contributed by atoms with Gasteiger partial charge >= 0.3 is 22.7 Å². The first-order valence-corrected chi connectivity index (χ1v) is 7.94. The van der Waals surface area contributed by atoms with Gasteiger partial charge in [0.15, 0.2) is 0 Å². The van der Waals surface area contributed by atoms with Crippen molar-refractivity contribution >= 4 is 0 Å². The number of rotatable bonds is 8. The lowest BCUT2D eigenvalue weighted by Gasteiger charge is -2.21. The Kier molecular flexibility index (Phi) is 5.81. The minimum absolute atomic E-state index is 0.208. The third kappa shape index (κ3) is 3.73. The van der Waals surface area contributed by atoms with E-state index in [4.69, 9.17) is 0 Å². The van der Waals surface area contributed by atoms with E-state index in [1.165, 1.54) is 0 Å². The minimum Gasteiger partial charge on any atom is -0.261 e. The Labute approximate surface area is 172 Å². The summed E-state index contributed by atoms with van der Waals surface area (Å²) in [6.45, 7) is 0. The number of nitrogens with zero attached hydrogens (tertiary/aromatic N) is 8. The highest BCUT2D eigenvalue weighted by molar-refractivity contribution is 5.28. The van der Waals surface area contributed by atoms with E-state index in [1.807, 2.05) is 0 Å². The zero-order chi connectivity index (χ0) is 24.4. The van der Waals surface area contributed by atoms with Crippen molar-refractivity contribution in [2.45, 2.75) is 24.2 Å². The van der Waals surface area contributed by atoms with Crippen LogP contribution in [0.5, 0.6) is 0 Å². The van der Waals surface area contributed by atoms with E-state index in [1.54, 1.807) is 0 Å². The van der Waals surface area contributed by atoms with Crippen molar-refractivity contribution in [3.05, 3.63) is 108 Å². The molecular weight excluding hydrogens is 448 g/mol. The molecule has 168 valence electrons. The van der Waals surface area contributed by atoms with E-state index < -0.39 is 76.5 Å². The summed E-state index contributed by atoms with van der Waals surface area (Å²) in [6, 6.07) is 0. The summed E-state index contributed by atoms with van der Waals surface area (Å²) in [4.78, 5) is 60.0. The molecule has 0 saturated carbocycles. The highest BCUT2D eigenvalue weighted by Crippen LogP contribution is 2.38. The summed E-state index contributed by atoms with van der Waals surface area (Å²) in [7, 11) is 0. The molecule has 0 N–H and O–H groups in total. The lowest BCUT2D eigenvalue weighted by Crippen LogP contribution is -2.46. The molecule has 2 aliphatic carbocycles. The Bertz CT molecular complexity index is 1030. The molecule has 0 fully saturated rings. The molecule has 0 heterocycles. The molecule has 0 bridgehead atoms. The van der Waals surface area contributed by atoms with Crippen molar-refractivity contribution in [3.63, 3.8) is 0 Å². The molecule has 2 unspecified atom stereocenters. The smallest absolute Gasteiger partial charge is 0.261 e. The highest BCUT2D eigenvalue weighted by atomic mass is 16.7. The number of nitro groups is 6. The molecule has 0 aliphatic heterocycles. The van der Waals surface area contributed by atoms with Crippen LogP contribution >= 0.6 is 0 Å². The van der Waals surface area contributed by atoms with Crippen LogP contribution in [0.15, 0.2) is 57.3 Å². The average Bonchev–Trinajstić information content (AvgIpc) is 2.71. The van der Waals surface area contributed by atoms with Crippen LogP contribution in [0.4, 0.5) is 0 Å². The van der Waals surface area contributed by atoms with Gasteiger partial charge in [0.25, 0.3) is 11.4 Å².